The third kappa shape index (κ3) is 3.20. The van der Waals surface area contributed by atoms with Gasteiger partial charge in [-0.15, -0.1) is 11.8 Å². The molecule has 1 aromatic heterocycles. The molecule has 2 aromatic rings. The second-order valence-electron chi connectivity index (χ2n) is 4.51. The van der Waals surface area contributed by atoms with Crippen molar-refractivity contribution in [1.82, 2.24) is 9.47 Å². The van der Waals surface area contributed by atoms with E-state index in [1.54, 1.807) is 16.7 Å². The van der Waals surface area contributed by atoms with Crippen LogP contribution in [0.1, 0.15) is 16.1 Å². The van der Waals surface area contributed by atoms with Crippen LogP contribution in [0, 0.1) is 0 Å². The van der Waals surface area contributed by atoms with Crippen LogP contribution < -0.4 is 0 Å². The standard InChI is InChI=1S/C15H18N2OS/c1-16-10-4-5-14(16)15(18)17(2)11-12-6-8-13(19-3)9-7-12/h4-10H,11H2,1-3H3. The molecule has 0 N–H and O–H groups in total. The molecule has 0 bridgehead atoms. The first kappa shape index (κ1) is 13.7. The summed E-state index contributed by atoms with van der Waals surface area (Å²) in [5, 5.41) is 0. The molecule has 0 aliphatic heterocycles. The van der Waals surface area contributed by atoms with Crippen molar-refractivity contribution in [3.05, 3.63) is 53.9 Å². The third-order valence-corrected chi connectivity index (χ3v) is 3.83. The molecule has 2 rings (SSSR count). The number of amides is 1. The monoisotopic (exact) mass is 274 g/mol. The Kier molecular flexibility index (Phi) is 4.32. The second kappa shape index (κ2) is 5.97. The first-order chi connectivity index (χ1) is 9.11. The predicted molar refractivity (Wildman–Crippen MR) is 79.4 cm³/mol. The van der Waals surface area contributed by atoms with E-state index < -0.39 is 0 Å². The Balaban J connectivity index is 2.06. The summed E-state index contributed by atoms with van der Waals surface area (Å²) in [4.78, 5) is 15.2. The highest BCUT2D eigenvalue weighted by molar-refractivity contribution is 7.98. The van der Waals surface area contributed by atoms with Crippen LogP contribution in [-0.2, 0) is 13.6 Å². The molecule has 0 saturated carbocycles. The van der Waals surface area contributed by atoms with Crippen LogP contribution in [0.25, 0.3) is 0 Å². The van der Waals surface area contributed by atoms with Crippen LogP contribution in [0.4, 0.5) is 0 Å². The fraction of sp³-hybridized carbons (Fsp3) is 0.267. The number of aryl methyl sites for hydroxylation is 1. The topological polar surface area (TPSA) is 25.2 Å². The van der Waals surface area contributed by atoms with Gasteiger partial charge in [0.25, 0.3) is 5.91 Å². The quantitative estimate of drug-likeness (QED) is 0.801. The van der Waals surface area contributed by atoms with E-state index in [2.05, 4.69) is 30.5 Å². The number of nitrogens with zero attached hydrogens (tertiary/aromatic N) is 2. The molecule has 19 heavy (non-hydrogen) atoms. The van der Waals surface area contributed by atoms with Gasteiger partial charge in [-0.05, 0) is 36.1 Å². The van der Waals surface area contributed by atoms with E-state index in [9.17, 15) is 4.79 Å². The number of carbonyl (C=O) groups is 1. The molecule has 4 heteroatoms. The van der Waals surface area contributed by atoms with Gasteiger partial charge in [0.05, 0.1) is 0 Å². The van der Waals surface area contributed by atoms with Crippen LogP contribution in [0.3, 0.4) is 0 Å². The van der Waals surface area contributed by atoms with E-state index in [1.165, 1.54) is 4.90 Å². The minimum absolute atomic E-state index is 0.0430. The molecule has 1 aromatic carbocycles. The van der Waals surface area contributed by atoms with E-state index in [0.717, 1.165) is 5.56 Å². The highest BCUT2D eigenvalue weighted by atomic mass is 32.2. The van der Waals surface area contributed by atoms with E-state index in [0.29, 0.717) is 12.2 Å². The maximum absolute atomic E-state index is 12.3. The molecule has 0 radical (unpaired) electrons. The molecule has 0 aliphatic carbocycles. The summed E-state index contributed by atoms with van der Waals surface area (Å²) in [6.45, 7) is 0.624. The van der Waals surface area contributed by atoms with Gasteiger partial charge in [-0.1, -0.05) is 12.1 Å². The van der Waals surface area contributed by atoms with Crippen molar-refractivity contribution in [1.29, 1.82) is 0 Å². The fourth-order valence-corrected chi connectivity index (χ4v) is 2.36. The van der Waals surface area contributed by atoms with Gasteiger partial charge in [-0.3, -0.25) is 4.79 Å². The number of thioether (sulfide) groups is 1. The maximum Gasteiger partial charge on any atom is 0.270 e. The normalized spacial score (nSPS) is 10.5. The summed E-state index contributed by atoms with van der Waals surface area (Å²) in [6.07, 6.45) is 3.94. The Bertz CT molecular complexity index is 560. The minimum atomic E-state index is 0.0430. The summed E-state index contributed by atoms with van der Waals surface area (Å²) in [5.74, 6) is 0.0430. The zero-order valence-electron chi connectivity index (χ0n) is 11.5. The fourth-order valence-electron chi connectivity index (χ4n) is 1.96. The van der Waals surface area contributed by atoms with Crippen molar-refractivity contribution in [2.24, 2.45) is 7.05 Å². The van der Waals surface area contributed by atoms with Crippen LogP contribution >= 0.6 is 11.8 Å². The number of rotatable bonds is 4. The van der Waals surface area contributed by atoms with Crippen LogP contribution in [-0.4, -0.2) is 28.7 Å². The average Bonchev–Trinajstić information content (AvgIpc) is 2.85. The van der Waals surface area contributed by atoms with Gasteiger partial charge in [0.15, 0.2) is 0 Å². The summed E-state index contributed by atoms with van der Waals surface area (Å²) in [7, 11) is 3.71. The van der Waals surface area contributed by atoms with Crippen molar-refractivity contribution < 1.29 is 4.79 Å². The Hall–Kier alpha value is -1.68. The largest absolute Gasteiger partial charge is 0.347 e. The molecule has 0 aliphatic rings. The lowest BCUT2D eigenvalue weighted by Gasteiger charge is -2.17. The molecule has 1 amide bonds. The van der Waals surface area contributed by atoms with Crippen molar-refractivity contribution in [3.8, 4) is 0 Å². The van der Waals surface area contributed by atoms with Crippen molar-refractivity contribution in [3.63, 3.8) is 0 Å². The van der Waals surface area contributed by atoms with Crippen LogP contribution in [0.2, 0.25) is 0 Å². The number of aromatic nitrogens is 1. The Labute approximate surface area is 118 Å². The molecule has 0 saturated heterocycles. The van der Waals surface area contributed by atoms with Gasteiger partial charge >= 0.3 is 0 Å². The molecule has 0 atom stereocenters. The lowest BCUT2D eigenvalue weighted by atomic mass is 10.2. The SMILES string of the molecule is CSc1ccc(CN(C)C(=O)c2cccn2C)cc1. The lowest BCUT2D eigenvalue weighted by Crippen LogP contribution is -2.27. The summed E-state index contributed by atoms with van der Waals surface area (Å²) in [5.41, 5.74) is 1.85. The van der Waals surface area contributed by atoms with Gasteiger partial charge in [0.2, 0.25) is 0 Å². The Morgan fingerprint density at radius 2 is 1.95 bits per heavy atom. The molecular weight excluding hydrogens is 256 g/mol. The summed E-state index contributed by atoms with van der Waals surface area (Å²) in [6, 6.07) is 12.0. The summed E-state index contributed by atoms with van der Waals surface area (Å²) >= 11 is 1.72. The zero-order chi connectivity index (χ0) is 13.8. The van der Waals surface area contributed by atoms with Gasteiger partial charge < -0.3 is 9.47 Å². The third-order valence-electron chi connectivity index (χ3n) is 3.09. The molecule has 0 spiro atoms. The molecule has 0 fully saturated rings. The Morgan fingerprint density at radius 1 is 1.26 bits per heavy atom. The summed E-state index contributed by atoms with van der Waals surface area (Å²) < 4.78 is 1.84. The molecule has 3 nitrogen and oxygen atoms in total. The van der Waals surface area contributed by atoms with Crippen molar-refractivity contribution in [2.45, 2.75) is 11.4 Å². The maximum atomic E-state index is 12.3. The highest BCUT2D eigenvalue weighted by Crippen LogP contribution is 2.16. The number of benzene rings is 1. The lowest BCUT2D eigenvalue weighted by molar-refractivity contribution is 0.0775. The smallest absolute Gasteiger partial charge is 0.270 e. The van der Waals surface area contributed by atoms with Crippen molar-refractivity contribution in [2.75, 3.05) is 13.3 Å². The van der Waals surface area contributed by atoms with Crippen LogP contribution in [0.15, 0.2) is 47.5 Å². The zero-order valence-corrected chi connectivity index (χ0v) is 12.3. The van der Waals surface area contributed by atoms with E-state index in [1.807, 2.05) is 37.0 Å². The average molecular weight is 274 g/mol. The molecular formula is C15H18N2OS. The molecule has 0 unspecified atom stereocenters. The first-order valence-electron chi connectivity index (χ1n) is 6.11. The highest BCUT2D eigenvalue weighted by Gasteiger charge is 2.14. The van der Waals surface area contributed by atoms with Gasteiger partial charge in [-0.2, -0.15) is 0 Å². The number of carbonyl (C=O) groups excluding carboxylic acids is 1. The van der Waals surface area contributed by atoms with Gasteiger partial charge in [0, 0.05) is 31.7 Å². The molecule has 1 heterocycles. The number of hydrogen-bond acceptors (Lipinski definition) is 2. The minimum Gasteiger partial charge on any atom is -0.347 e. The van der Waals surface area contributed by atoms with Crippen molar-refractivity contribution >= 4 is 17.7 Å². The predicted octanol–water partition coefficient (Wildman–Crippen LogP) is 3.02. The van der Waals surface area contributed by atoms with Gasteiger partial charge in [0.1, 0.15) is 5.69 Å². The molecule has 100 valence electrons. The van der Waals surface area contributed by atoms with Gasteiger partial charge in [-0.25, -0.2) is 0 Å². The van der Waals surface area contributed by atoms with E-state index >= 15 is 0 Å². The van der Waals surface area contributed by atoms with E-state index in [4.69, 9.17) is 0 Å². The first-order valence-corrected chi connectivity index (χ1v) is 7.34. The number of hydrogen-bond donors (Lipinski definition) is 0. The Morgan fingerprint density at radius 3 is 2.47 bits per heavy atom. The van der Waals surface area contributed by atoms with E-state index in [-0.39, 0.29) is 5.91 Å². The van der Waals surface area contributed by atoms with Crippen LogP contribution in [0.5, 0.6) is 0 Å². The second-order valence-corrected chi connectivity index (χ2v) is 5.39.